The van der Waals surface area contributed by atoms with Crippen molar-refractivity contribution >= 4 is 16.0 Å². The van der Waals surface area contributed by atoms with Gasteiger partial charge in [0.2, 0.25) is 5.03 Å². The van der Waals surface area contributed by atoms with Gasteiger partial charge in [0.1, 0.15) is 6.04 Å². The van der Waals surface area contributed by atoms with Gasteiger partial charge in [-0.05, 0) is 18.6 Å². The number of carbonyl (C=O) groups is 1. The van der Waals surface area contributed by atoms with E-state index < -0.39 is 32.9 Å². The van der Waals surface area contributed by atoms with E-state index in [1.807, 2.05) is 4.72 Å². The van der Waals surface area contributed by atoms with Crippen LogP contribution in [0.3, 0.4) is 0 Å². The molecular weight excluding hydrogens is 263 g/mol. The van der Waals surface area contributed by atoms with Crippen LogP contribution in [0, 0.1) is 5.82 Å². The quantitative estimate of drug-likeness (QED) is 0.737. The number of carboxylic acids is 1. The van der Waals surface area contributed by atoms with Crippen molar-refractivity contribution in [3.63, 3.8) is 0 Å². The smallest absolute Gasteiger partial charge is 0.322 e. The van der Waals surface area contributed by atoms with Gasteiger partial charge >= 0.3 is 5.97 Å². The molecule has 1 atom stereocenters. The summed E-state index contributed by atoms with van der Waals surface area (Å²) in [5.41, 5.74) is 0. The molecule has 2 N–H and O–H groups in total. The zero-order valence-corrected chi connectivity index (χ0v) is 10.0. The van der Waals surface area contributed by atoms with Gasteiger partial charge in [0.15, 0.2) is 5.82 Å². The first-order valence-corrected chi connectivity index (χ1v) is 6.33. The van der Waals surface area contributed by atoms with Gasteiger partial charge in [0.25, 0.3) is 10.0 Å². The number of aromatic nitrogens is 1. The fourth-order valence-corrected chi connectivity index (χ4v) is 2.39. The molecule has 1 rings (SSSR count). The van der Waals surface area contributed by atoms with Crippen LogP contribution in [-0.2, 0) is 14.8 Å². The Morgan fingerprint density at radius 2 is 2.33 bits per heavy atom. The summed E-state index contributed by atoms with van der Waals surface area (Å²) in [6.07, 6.45) is 2.22. The molecule has 0 saturated carbocycles. The highest BCUT2D eigenvalue weighted by Crippen LogP contribution is 2.11. The van der Waals surface area contributed by atoms with Crippen LogP contribution < -0.4 is 4.72 Å². The number of sulfonamides is 1. The second-order valence-corrected chi connectivity index (χ2v) is 4.96. The van der Waals surface area contributed by atoms with Crippen molar-refractivity contribution in [2.75, 3.05) is 0 Å². The first-order chi connectivity index (χ1) is 8.38. The van der Waals surface area contributed by atoms with Gasteiger partial charge in [0.05, 0.1) is 0 Å². The van der Waals surface area contributed by atoms with E-state index in [9.17, 15) is 17.6 Å². The number of halogens is 1. The minimum absolute atomic E-state index is 0.122. The Kier molecular flexibility index (Phi) is 4.51. The van der Waals surface area contributed by atoms with Gasteiger partial charge in [-0.15, -0.1) is 6.58 Å². The van der Waals surface area contributed by atoms with E-state index in [4.69, 9.17) is 5.11 Å². The molecule has 98 valence electrons. The highest BCUT2D eigenvalue weighted by molar-refractivity contribution is 7.89. The Morgan fingerprint density at radius 3 is 2.83 bits per heavy atom. The largest absolute Gasteiger partial charge is 0.480 e. The minimum atomic E-state index is -4.32. The molecule has 0 saturated heterocycles. The van der Waals surface area contributed by atoms with Crippen LogP contribution >= 0.6 is 0 Å². The molecule has 0 aliphatic rings. The lowest BCUT2D eigenvalue weighted by atomic mass is 10.2. The van der Waals surface area contributed by atoms with Crippen molar-refractivity contribution in [1.82, 2.24) is 9.71 Å². The Balaban J connectivity index is 3.04. The van der Waals surface area contributed by atoms with Crippen molar-refractivity contribution in [2.24, 2.45) is 0 Å². The minimum Gasteiger partial charge on any atom is -0.480 e. The molecule has 0 bridgehead atoms. The zero-order chi connectivity index (χ0) is 13.8. The number of nitrogens with zero attached hydrogens (tertiary/aromatic N) is 1. The van der Waals surface area contributed by atoms with E-state index >= 15 is 0 Å². The molecule has 0 spiro atoms. The second kappa shape index (κ2) is 5.69. The maximum Gasteiger partial charge on any atom is 0.322 e. The Morgan fingerprint density at radius 1 is 1.67 bits per heavy atom. The van der Waals surface area contributed by atoms with Gasteiger partial charge in [0, 0.05) is 6.20 Å². The molecule has 0 fully saturated rings. The van der Waals surface area contributed by atoms with Gasteiger partial charge in [-0.2, -0.15) is 4.72 Å². The standard InChI is InChI=1S/C10H11FN2O4S/c1-2-4-8(10(14)15)13-18(16,17)9-7(11)5-3-6-12-9/h2-3,5-6,8,13H,1,4H2,(H,14,15). The predicted octanol–water partition coefficient (Wildman–Crippen LogP) is 0.528. The summed E-state index contributed by atoms with van der Waals surface area (Å²) in [5, 5.41) is 7.96. The van der Waals surface area contributed by atoms with Gasteiger partial charge < -0.3 is 5.11 Å². The molecule has 0 radical (unpaired) electrons. The summed E-state index contributed by atoms with van der Waals surface area (Å²) in [7, 11) is -4.32. The van der Waals surface area contributed by atoms with Crippen LogP contribution in [0.1, 0.15) is 6.42 Å². The SMILES string of the molecule is C=CCC(NS(=O)(=O)c1ncccc1F)C(=O)O. The van der Waals surface area contributed by atoms with E-state index in [0.29, 0.717) is 0 Å². The third kappa shape index (κ3) is 3.34. The fraction of sp³-hybridized carbons (Fsp3) is 0.200. The number of rotatable bonds is 6. The second-order valence-electron chi connectivity index (χ2n) is 3.33. The molecule has 18 heavy (non-hydrogen) atoms. The number of pyridine rings is 1. The number of hydrogen-bond donors (Lipinski definition) is 2. The van der Waals surface area contributed by atoms with Crippen molar-refractivity contribution in [1.29, 1.82) is 0 Å². The van der Waals surface area contributed by atoms with Crippen LogP contribution in [0.5, 0.6) is 0 Å². The maximum absolute atomic E-state index is 13.3. The molecule has 0 aromatic carbocycles. The van der Waals surface area contributed by atoms with Crippen LogP contribution in [-0.4, -0.2) is 30.5 Å². The van der Waals surface area contributed by atoms with Crippen LogP contribution in [0.15, 0.2) is 36.0 Å². The third-order valence-corrected chi connectivity index (χ3v) is 3.38. The van der Waals surface area contributed by atoms with Gasteiger partial charge in [-0.25, -0.2) is 17.8 Å². The summed E-state index contributed by atoms with van der Waals surface area (Å²) >= 11 is 0. The normalized spacial score (nSPS) is 12.9. The average Bonchev–Trinajstić information content (AvgIpc) is 2.28. The molecule has 0 aliphatic heterocycles. The highest BCUT2D eigenvalue weighted by atomic mass is 32.2. The van der Waals surface area contributed by atoms with Gasteiger partial charge in [-0.3, -0.25) is 4.79 Å². The molecule has 1 aromatic heterocycles. The monoisotopic (exact) mass is 274 g/mol. The van der Waals surface area contributed by atoms with E-state index in [0.717, 1.165) is 12.3 Å². The molecule has 1 unspecified atom stereocenters. The molecule has 1 heterocycles. The zero-order valence-electron chi connectivity index (χ0n) is 9.21. The van der Waals surface area contributed by atoms with Crippen molar-refractivity contribution < 1.29 is 22.7 Å². The lowest BCUT2D eigenvalue weighted by Gasteiger charge is -2.12. The summed E-state index contributed by atoms with van der Waals surface area (Å²) in [6.45, 7) is 3.32. The number of nitrogens with one attached hydrogen (secondary N) is 1. The molecular formula is C10H11FN2O4S. The molecule has 1 aromatic rings. The fourth-order valence-electron chi connectivity index (χ4n) is 1.18. The van der Waals surface area contributed by atoms with Crippen molar-refractivity contribution in [3.8, 4) is 0 Å². The Labute approximate surface area is 103 Å². The maximum atomic E-state index is 13.3. The average molecular weight is 274 g/mol. The van der Waals surface area contributed by atoms with Crippen LogP contribution in [0.25, 0.3) is 0 Å². The molecule has 8 heteroatoms. The van der Waals surface area contributed by atoms with Crippen LogP contribution in [0.2, 0.25) is 0 Å². The number of aliphatic carboxylic acids is 1. The van der Waals surface area contributed by atoms with E-state index in [1.54, 1.807) is 0 Å². The predicted molar refractivity (Wildman–Crippen MR) is 60.8 cm³/mol. The number of hydrogen-bond acceptors (Lipinski definition) is 4. The molecule has 0 amide bonds. The summed E-state index contributed by atoms with van der Waals surface area (Å²) in [6, 6.07) is 0.742. The lowest BCUT2D eigenvalue weighted by Crippen LogP contribution is -2.40. The molecule has 0 aliphatic carbocycles. The Bertz CT molecular complexity index is 559. The molecule has 6 nitrogen and oxygen atoms in total. The van der Waals surface area contributed by atoms with E-state index in [2.05, 4.69) is 11.6 Å². The number of carboxylic acid groups (broad SMARTS) is 1. The van der Waals surface area contributed by atoms with Crippen LogP contribution in [0.4, 0.5) is 4.39 Å². The van der Waals surface area contributed by atoms with E-state index in [1.165, 1.54) is 12.1 Å². The first kappa shape index (κ1) is 14.3. The first-order valence-electron chi connectivity index (χ1n) is 4.85. The topological polar surface area (TPSA) is 96.4 Å². The summed E-state index contributed by atoms with van der Waals surface area (Å²) in [5.74, 6) is -2.43. The summed E-state index contributed by atoms with van der Waals surface area (Å²) in [4.78, 5) is 14.2. The summed E-state index contributed by atoms with van der Waals surface area (Å²) < 4.78 is 38.6. The Hall–Kier alpha value is -1.80. The third-order valence-electron chi connectivity index (χ3n) is 1.98. The highest BCUT2D eigenvalue weighted by Gasteiger charge is 2.27. The van der Waals surface area contributed by atoms with Crippen molar-refractivity contribution in [3.05, 3.63) is 36.8 Å². The van der Waals surface area contributed by atoms with E-state index in [-0.39, 0.29) is 6.42 Å². The van der Waals surface area contributed by atoms with Crippen molar-refractivity contribution in [2.45, 2.75) is 17.5 Å². The van der Waals surface area contributed by atoms with Gasteiger partial charge in [-0.1, -0.05) is 6.08 Å². The lowest BCUT2D eigenvalue weighted by molar-refractivity contribution is -0.138.